The first-order chi connectivity index (χ1) is 9.65. The Kier molecular flexibility index (Phi) is 4.39. The third-order valence-electron chi connectivity index (χ3n) is 2.78. The van der Waals surface area contributed by atoms with Gasteiger partial charge in [-0.3, -0.25) is 0 Å². The van der Waals surface area contributed by atoms with Gasteiger partial charge >= 0.3 is 0 Å². The number of halogens is 2. The zero-order valence-corrected chi connectivity index (χ0v) is 11.5. The summed E-state index contributed by atoms with van der Waals surface area (Å²) >= 11 is 5.96. The molecule has 0 spiro atoms. The number of hydrogen-bond donors (Lipinski definition) is 0. The van der Waals surface area contributed by atoms with Crippen LogP contribution in [0.4, 0.5) is 4.39 Å². The second-order valence-corrected chi connectivity index (χ2v) is 4.45. The van der Waals surface area contributed by atoms with Crippen molar-refractivity contribution in [2.24, 2.45) is 0 Å². The predicted molar refractivity (Wildman–Crippen MR) is 77.9 cm³/mol. The molecule has 0 saturated carbocycles. The molecule has 0 radical (unpaired) electrons. The summed E-state index contributed by atoms with van der Waals surface area (Å²) < 4.78 is 18.9. The van der Waals surface area contributed by atoms with Gasteiger partial charge in [0.1, 0.15) is 11.6 Å². The maximum absolute atomic E-state index is 13.8. The molecule has 0 aliphatic heterocycles. The summed E-state index contributed by atoms with van der Waals surface area (Å²) in [5, 5.41) is 9.44. The predicted octanol–water partition coefficient (Wildman–Crippen LogP) is 4.55. The van der Waals surface area contributed by atoms with E-state index in [9.17, 15) is 9.65 Å². The van der Waals surface area contributed by atoms with Gasteiger partial charge in [-0.1, -0.05) is 29.8 Å². The molecule has 2 nitrogen and oxygen atoms in total. The van der Waals surface area contributed by atoms with Crippen LogP contribution < -0.4 is 4.74 Å². The average molecular weight is 288 g/mol. The van der Waals surface area contributed by atoms with Crippen molar-refractivity contribution in [1.82, 2.24) is 0 Å². The number of hydrogen-bond acceptors (Lipinski definition) is 2. The van der Waals surface area contributed by atoms with E-state index in [0.717, 1.165) is 5.56 Å². The smallest absolute Gasteiger partial charge is 0.133 e. The van der Waals surface area contributed by atoms with E-state index >= 15 is 0 Å². The van der Waals surface area contributed by atoms with Crippen LogP contribution in [0, 0.1) is 17.1 Å². The average Bonchev–Trinajstić information content (AvgIpc) is 2.46. The third-order valence-corrected chi connectivity index (χ3v) is 3.09. The quantitative estimate of drug-likeness (QED) is 0.613. The minimum atomic E-state index is -0.515. The minimum Gasteiger partial charge on any atom is -0.497 e. The fourth-order valence-electron chi connectivity index (χ4n) is 1.78. The van der Waals surface area contributed by atoms with E-state index in [1.54, 1.807) is 43.5 Å². The van der Waals surface area contributed by atoms with Crippen molar-refractivity contribution in [3.63, 3.8) is 0 Å². The summed E-state index contributed by atoms with van der Waals surface area (Å²) in [6.07, 6.45) is 1.59. The molecule has 0 bridgehead atoms. The van der Waals surface area contributed by atoms with Crippen molar-refractivity contribution in [3.8, 4) is 11.8 Å². The lowest BCUT2D eigenvalue weighted by atomic mass is 10.0. The summed E-state index contributed by atoms with van der Waals surface area (Å²) in [5.74, 6) is 0.198. The molecule has 2 aromatic carbocycles. The number of allylic oxidation sites excluding steroid dienone is 1. The fourth-order valence-corrected chi connectivity index (χ4v) is 2.05. The zero-order valence-electron chi connectivity index (χ0n) is 10.7. The Morgan fingerprint density at radius 2 is 1.95 bits per heavy atom. The first-order valence-corrected chi connectivity index (χ1v) is 6.23. The molecule has 0 aliphatic rings. The number of benzene rings is 2. The summed E-state index contributed by atoms with van der Waals surface area (Å²) in [6, 6.07) is 13.4. The summed E-state index contributed by atoms with van der Waals surface area (Å²) in [7, 11) is 1.57. The zero-order chi connectivity index (χ0) is 14.5. The number of methoxy groups -OCH3 is 1. The summed E-state index contributed by atoms with van der Waals surface area (Å²) in [5.41, 5.74) is 1.06. The van der Waals surface area contributed by atoms with Crippen LogP contribution in [-0.2, 0) is 0 Å². The second-order valence-electron chi connectivity index (χ2n) is 4.04. The highest BCUT2D eigenvalue weighted by Crippen LogP contribution is 2.28. The Labute approximate surface area is 121 Å². The standard InChI is InChI=1S/C16H11ClFNO/c1-20-13-7-5-11(6-8-13)9-12(10-19)16-14(17)3-2-4-15(16)18/h2-9H,1H3/b12-9-. The molecule has 0 N–H and O–H groups in total. The lowest BCUT2D eigenvalue weighted by Gasteiger charge is -2.05. The van der Waals surface area contributed by atoms with Gasteiger partial charge in [-0.25, -0.2) is 4.39 Å². The van der Waals surface area contributed by atoms with Crippen LogP contribution in [0.15, 0.2) is 42.5 Å². The Morgan fingerprint density at radius 3 is 2.50 bits per heavy atom. The molecule has 0 aliphatic carbocycles. The number of nitriles is 1. The fraction of sp³-hybridized carbons (Fsp3) is 0.0625. The topological polar surface area (TPSA) is 33.0 Å². The van der Waals surface area contributed by atoms with Gasteiger partial charge in [-0.2, -0.15) is 5.26 Å². The van der Waals surface area contributed by atoms with E-state index in [1.165, 1.54) is 12.1 Å². The maximum atomic E-state index is 13.8. The molecule has 2 rings (SSSR count). The molecule has 20 heavy (non-hydrogen) atoms. The second kappa shape index (κ2) is 6.23. The van der Waals surface area contributed by atoms with Gasteiger partial charge in [-0.15, -0.1) is 0 Å². The molecule has 0 atom stereocenters. The van der Waals surface area contributed by atoms with E-state index in [-0.39, 0.29) is 16.2 Å². The molecule has 0 unspecified atom stereocenters. The van der Waals surface area contributed by atoms with Gasteiger partial charge in [0.25, 0.3) is 0 Å². The molecule has 0 aromatic heterocycles. The lowest BCUT2D eigenvalue weighted by Crippen LogP contribution is -1.90. The normalized spacial score (nSPS) is 11.0. The largest absolute Gasteiger partial charge is 0.497 e. The molecule has 0 saturated heterocycles. The van der Waals surface area contributed by atoms with Crippen LogP contribution in [0.5, 0.6) is 5.75 Å². The molecule has 2 aromatic rings. The Balaban J connectivity index is 2.46. The van der Waals surface area contributed by atoms with Gasteiger partial charge in [-0.05, 0) is 35.9 Å². The summed E-state index contributed by atoms with van der Waals surface area (Å²) in [4.78, 5) is 0. The first kappa shape index (κ1) is 14.1. The maximum Gasteiger partial charge on any atom is 0.133 e. The van der Waals surface area contributed by atoms with Gasteiger partial charge in [0.15, 0.2) is 0 Å². The highest BCUT2D eigenvalue weighted by Gasteiger charge is 2.11. The summed E-state index contributed by atoms with van der Waals surface area (Å²) in [6.45, 7) is 0. The van der Waals surface area contributed by atoms with Crippen LogP contribution in [0.25, 0.3) is 11.6 Å². The molecule has 0 amide bonds. The number of ether oxygens (including phenoxy) is 1. The van der Waals surface area contributed by atoms with E-state index in [4.69, 9.17) is 16.3 Å². The van der Waals surface area contributed by atoms with Crippen molar-refractivity contribution in [2.75, 3.05) is 7.11 Å². The molecule has 0 fully saturated rings. The highest BCUT2D eigenvalue weighted by molar-refractivity contribution is 6.32. The van der Waals surface area contributed by atoms with E-state index in [0.29, 0.717) is 5.75 Å². The van der Waals surface area contributed by atoms with Gasteiger partial charge in [0.2, 0.25) is 0 Å². The van der Waals surface area contributed by atoms with Gasteiger partial charge < -0.3 is 4.74 Å². The Bertz CT molecular complexity index is 666. The van der Waals surface area contributed by atoms with E-state index in [2.05, 4.69) is 0 Å². The molecular weight excluding hydrogens is 277 g/mol. The third kappa shape index (κ3) is 2.98. The Morgan fingerprint density at radius 1 is 1.25 bits per heavy atom. The molecule has 100 valence electrons. The first-order valence-electron chi connectivity index (χ1n) is 5.86. The van der Waals surface area contributed by atoms with E-state index < -0.39 is 5.82 Å². The number of rotatable bonds is 3. The van der Waals surface area contributed by atoms with Crippen molar-refractivity contribution >= 4 is 23.3 Å². The van der Waals surface area contributed by atoms with Crippen LogP contribution in [-0.4, -0.2) is 7.11 Å². The van der Waals surface area contributed by atoms with Crippen LogP contribution in [0.2, 0.25) is 5.02 Å². The van der Waals surface area contributed by atoms with Crippen molar-refractivity contribution in [3.05, 3.63) is 64.4 Å². The van der Waals surface area contributed by atoms with E-state index in [1.807, 2.05) is 6.07 Å². The highest BCUT2D eigenvalue weighted by atomic mass is 35.5. The lowest BCUT2D eigenvalue weighted by molar-refractivity contribution is 0.415. The molecular formula is C16H11ClFNO. The SMILES string of the molecule is COc1ccc(/C=C(/C#N)c2c(F)cccc2Cl)cc1. The minimum absolute atomic E-state index is 0.118. The Hall–Kier alpha value is -2.31. The van der Waals surface area contributed by atoms with Gasteiger partial charge in [0.05, 0.1) is 23.8 Å². The molecule has 0 heterocycles. The van der Waals surface area contributed by atoms with Crippen molar-refractivity contribution in [2.45, 2.75) is 0 Å². The van der Waals surface area contributed by atoms with Crippen LogP contribution in [0.3, 0.4) is 0 Å². The van der Waals surface area contributed by atoms with Crippen molar-refractivity contribution < 1.29 is 9.13 Å². The van der Waals surface area contributed by atoms with Crippen LogP contribution >= 0.6 is 11.6 Å². The number of nitrogens with zero attached hydrogens (tertiary/aromatic N) is 1. The molecule has 4 heteroatoms. The van der Waals surface area contributed by atoms with Crippen LogP contribution in [0.1, 0.15) is 11.1 Å². The van der Waals surface area contributed by atoms with Crippen molar-refractivity contribution in [1.29, 1.82) is 5.26 Å². The van der Waals surface area contributed by atoms with Gasteiger partial charge in [0, 0.05) is 5.56 Å². The monoisotopic (exact) mass is 287 g/mol.